The molecule has 0 radical (unpaired) electrons. The van der Waals surface area contributed by atoms with Crippen molar-refractivity contribution in [2.45, 2.75) is 32.6 Å². The van der Waals surface area contributed by atoms with Crippen LogP contribution in [0.4, 0.5) is 11.4 Å². The molecule has 0 amide bonds. The summed E-state index contributed by atoms with van der Waals surface area (Å²) < 4.78 is 16.4. The predicted octanol–water partition coefficient (Wildman–Crippen LogP) is 7.04. The summed E-state index contributed by atoms with van der Waals surface area (Å²) in [6, 6.07) is 24.9. The Kier molecular flexibility index (Phi) is 9.17. The van der Waals surface area contributed by atoms with E-state index in [1.165, 1.54) is 7.11 Å². The summed E-state index contributed by atoms with van der Waals surface area (Å²) in [5, 5.41) is 0. The van der Waals surface area contributed by atoms with Crippen LogP contribution in [0.5, 0.6) is 5.75 Å². The third-order valence-corrected chi connectivity index (χ3v) is 6.32. The SMILES string of the molecule is CCCCOCCOc1ccc(-c2ccc3c(c2)/C=C(/C(=O)OC)CCCN3c2ccccc2)cc1. The number of carbonyl (C=O) groups excluding carboxylic acids is 1. The number of nitrogens with zero attached hydrogens (tertiary/aromatic N) is 1. The summed E-state index contributed by atoms with van der Waals surface area (Å²) in [6.07, 6.45) is 5.73. The van der Waals surface area contributed by atoms with Crippen molar-refractivity contribution in [3.8, 4) is 16.9 Å². The van der Waals surface area contributed by atoms with Crippen molar-refractivity contribution >= 4 is 23.4 Å². The molecule has 36 heavy (non-hydrogen) atoms. The maximum Gasteiger partial charge on any atom is 0.333 e. The molecule has 0 spiro atoms. The molecule has 3 aromatic carbocycles. The molecule has 5 nitrogen and oxygen atoms in total. The van der Waals surface area contributed by atoms with Gasteiger partial charge in [0.2, 0.25) is 0 Å². The standard InChI is InChI=1S/C31H35NO4/c1-3-4-19-35-20-21-36-29-15-12-24(13-16-29)25-14-17-30-27(22-25)23-26(31(33)34-2)9-8-18-32(30)28-10-6-5-7-11-28/h5-7,10-17,22-23H,3-4,8-9,18-21H2,1-2H3/b26-23+. The van der Waals surface area contributed by atoms with Gasteiger partial charge in [-0.05, 0) is 78.4 Å². The Hall–Kier alpha value is -3.57. The zero-order chi connectivity index (χ0) is 25.2. The number of methoxy groups -OCH3 is 1. The highest BCUT2D eigenvalue weighted by Gasteiger charge is 2.19. The van der Waals surface area contributed by atoms with Crippen LogP contribution >= 0.6 is 0 Å². The number of unbranched alkanes of at least 4 members (excludes halogenated alkanes) is 1. The second kappa shape index (κ2) is 12.9. The molecule has 1 heterocycles. The fourth-order valence-corrected chi connectivity index (χ4v) is 4.38. The van der Waals surface area contributed by atoms with Crippen molar-refractivity contribution in [3.63, 3.8) is 0 Å². The molecular formula is C31H35NO4. The fourth-order valence-electron chi connectivity index (χ4n) is 4.38. The van der Waals surface area contributed by atoms with E-state index in [1.54, 1.807) is 0 Å². The molecule has 1 aliphatic rings. The number of ether oxygens (including phenoxy) is 3. The van der Waals surface area contributed by atoms with E-state index in [2.05, 4.69) is 66.4 Å². The minimum Gasteiger partial charge on any atom is -0.491 e. The summed E-state index contributed by atoms with van der Waals surface area (Å²) in [7, 11) is 1.44. The van der Waals surface area contributed by atoms with Crippen LogP contribution in [0.25, 0.3) is 17.2 Å². The number of benzene rings is 3. The number of anilines is 2. The molecule has 188 valence electrons. The van der Waals surface area contributed by atoms with E-state index in [1.807, 2.05) is 24.3 Å². The van der Waals surface area contributed by atoms with Crippen molar-refractivity contribution in [3.05, 3.63) is 83.9 Å². The molecule has 1 aliphatic heterocycles. The van der Waals surface area contributed by atoms with Crippen LogP contribution in [0, 0.1) is 0 Å². The van der Waals surface area contributed by atoms with Gasteiger partial charge in [-0.1, -0.05) is 49.7 Å². The number of fused-ring (bicyclic) bond motifs is 1. The highest BCUT2D eigenvalue weighted by Crippen LogP contribution is 2.36. The maximum absolute atomic E-state index is 12.4. The summed E-state index contributed by atoms with van der Waals surface area (Å²) >= 11 is 0. The van der Waals surface area contributed by atoms with E-state index >= 15 is 0 Å². The van der Waals surface area contributed by atoms with Gasteiger partial charge in [0.1, 0.15) is 12.4 Å². The summed E-state index contributed by atoms with van der Waals surface area (Å²) in [5.74, 6) is 0.562. The Balaban J connectivity index is 1.58. The topological polar surface area (TPSA) is 48.0 Å². The molecule has 0 unspecified atom stereocenters. The first-order valence-corrected chi connectivity index (χ1v) is 12.8. The minimum atomic E-state index is -0.264. The van der Waals surface area contributed by atoms with Gasteiger partial charge in [0.15, 0.2) is 0 Å². The van der Waals surface area contributed by atoms with E-state index in [4.69, 9.17) is 14.2 Å². The van der Waals surface area contributed by atoms with Gasteiger partial charge in [0.25, 0.3) is 0 Å². The molecule has 3 aromatic rings. The van der Waals surface area contributed by atoms with Gasteiger partial charge < -0.3 is 19.1 Å². The maximum atomic E-state index is 12.4. The van der Waals surface area contributed by atoms with E-state index in [0.717, 1.165) is 66.2 Å². The zero-order valence-electron chi connectivity index (χ0n) is 21.2. The Labute approximate surface area is 214 Å². The van der Waals surface area contributed by atoms with Crippen molar-refractivity contribution < 1.29 is 19.0 Å². The summed E-state index contributed by atoms with van der Waals surface area (Å²) in [4.78, 5) is 14.7. The zero-order valence-corrected chi connectivity index (χ0v) is 21.2. The molecule has 0 bridgehead atoms. The van der Waals surface area contributed by atoms with Crippen LogP contribution in [0.1, 0.15) is 38.2 Å². The molecule has 0 fully saturated rings. The lowest BCUT2D eigenvalue weighted by Crippen LogP contribution is -2.21. The normalized spacial score (nSPS) is 14.7. The van der Waals surface area contributed by atoms with Gasteiger partial charge in [0.05, 0.1) is 13.7 Å². The second-order valence-corrected chi connectivity index (χ2v) is 8.86. The Bertz CT molecular complexity index is 1150. The van der Waals surface area contributed by atoms with Crippen molar-refractivity contribution in [2.24, 2.45) is 0 Å². The molecule has 0 N–H and O–H groups in total. The number of hydrogen-bond donors (Lipinski definition) is 0. The number of carbonyl (C=O) groups is 1. The molecule has 5 heteroatoms. The molecule has 0 aromatic heterocycles. The molecule has 0 saturated heterocycles. The molecule has 0 aliphatic carbocycles. The smallest absolute Gasteiger partial charge is 0.333 e. The predicted molar refractivity (Wildman–Crippen MR) is 146 cm³/mol. The summed E-state index contributed by atoms with van der Waals surface area (Å²) in [6.45, 7) is 4.89. The average Bonchev–Trinajstić information content (AvgIpc) is 2.91. The van der Waals surface area contributed by atoms with Gasteiger partial charge in [-0.2, -0.15) is 0 Å². The number of hydrogen-bond acceptors (Lipinski definition) is 5. The second-order valence-electron chi connectivity index (χ2n) is 8.86. The lowest BCUT2D eigenvalue weighted by atomic mass is 9.96. The largest absolute Gasteiger partial charge is 0.491 e. The van der Waals surface area contributed by atoms with Gasteiger partial charge in [-0.15, -0.1) is 0 Å². The third kappa shape index (κ3) is 6.55. The molecule has 0 atom stereocenters. The lowest BCUT2D eigenvalue weighted by molar-refractivity contribution is -0.136. The quantitative estimate of drug-likeness (QED) is 0.228. The van der Waals surface area contributed by atoms with Gasteiger partial charge >= 0.3 is 5.97 Å². The third-order valence-electron chi connectivity index (χ3n) is 6.32. The van der Waals surface area contributed by atoms with E-state index in [9.17, 15) is 4.79 Å². The van der Waals surface area contributed by atoms with Crippen LogP contribution < -0.4 is 9.64 Å². The van der Waals surface area contributed by atoms with E-state index in [0.29, 0.717) is 25.2 Å². The Morgan fingerprint density at radius 1 is 0.917 bits per heavy atom. The first-order chi connectivity index (χ1) is 17.7. The van der Waals surface area contributed by atoms with Gasteiger partial charge in [0, 0.05) is 30.1 Å². The average molecular weight is 486 g/mol. The Morgan fingerprint density at radius 2 is 1.69 bits per heavy atom. The molecular weight excluding hydrogens is 450 g/mol. The van der Waals surface area contributed by atoms with Crippen LogP contribution in [0.15, 0.2) is 78.4 Å². The summed E-state index contributed by atoms with van der Waals surface area (Å²) in [5.41, 5.74) is 6.09. The monoisotopic (exact) mass is 485 g/mol. The van der Waals surface area contributed by atoms with Crippen molar-refractivity contribution in [2.75, 3.05) is 38.4 Å². The first-order valence-electron chi connectivity index (χ1n) is 12.8. The lowest BCUT2D eigenvalue weighted by Gasteiger charge is -2.29. The first kappa shape index (κ1) is 25.5. The number of rotatable bonds is 10. The number of para-hydroxylation sites is 1. The van der Waals surface area contributed by atoms with Gasteiger partial charge in [-0.25, -0.2) is 4.79 Å². The molecule has 0 saturated carbocycles. The highest BCUT2D eigenvalue weighted by atomic mass is 16.5. The van der Waals surface area contributed by atoms with Crippen LogP contribution in [-0.2, 0) is 14.3 Å². The number of esters is 1. The highest BCUT2D eigenvalue weighted by molar-refractivity contribution is 5.95. The van der Waals surface area contributed by atoms with Crippen LogP contribution in [0.2, 0.25) is 0 Å². The van der Waals surface area contributed by atoms with Crippen LogP contribution in [-0.4, -0.2) is 39.4 Å². The Morgan fingerprint density at radius 3 is 2.44 bits per heavy atom. The van der Waals surface area contributed by atoms with Crippen molar-refractivity contribution in [1.82, 2.24) is 0 Å². The van der Waals surface area contributed by atoms with E-state index < -0.39 is 0 Å². The van der Waals surface area contributed by atoms with Crippen LogP contribution in [0.3, 0.4) is 0 Å². The van der Waals surface area contributed by atoms with Crippen molar-refractivity contribution in [1.29, 1.82) is 0 Å². The fraction of sp³-hybridized carbons (Fsp3) is 0.323. The molecule has 4 rings (SSSR count). The van der Waals surface area contributed by atoms with Gasteiger partial charge in [-0.3, -0.25) is 0 Å². The van der Waals surface area contributed by atoms with E-state index in [-0.39, 0.29) is 5.97 Å². The minimum absolute atomic E-state index is 0.264.